The van der Waals surface area contributed by atoms with E-state index in [4.69, 9.17) is 0 Å². The Bertz CT molecular complexity index is 334. The van der Waals surface area contributed by atoms with E-state index in [0.29, 0.717) is 6.04 Å². The average molecular weight is 220 g/mol. The van der Waals surface area contributed by atoms with Crippen LogP contribution in [0.2, 0.25) is 0 Å². The summed E-state index contributed by atoms with van der Waals surface area (Å²) in [5.41, 5.74) is 1.03. The van der Waals surface area contributed by atoms with Crippen LogP contribution in [-0.2, 0) is 0 Å². The maximum Gasteiger partial charge on any atom is 0.132 e. The summed E-state index contributed by atoms with van der Waals surface area (Å²) in [4.78, 5) is 10.8. The second kappa shape index (κ2) is 5.25. The molecule has 0 spiro atoms. The molecule has 0 amide bonds. The van der Waals surface area contributed by atoms with Crippen molar-refractivity contribution in [2.75, 3.05) is 24.5 Å². The number of nitrogens with one attached hydrogen (secondary N) is 1. The van der Waals surface area contributed by atoms with Gasteiger partial charge in [0.1, 0.15) is 12.1 Å². The van der Waals surface area contributed by atoms with Gasteiger partial charge in [-0.1, -0.05) is 0 Å². The van der Waals surface area contributed by atoms with Crippen LogP contribution in [0.5, 0.6) is 0 Å². The lowest BCUT2D eigenvalue weighted by atomic mass is 10.2. The van der Waals surface area contributed by atoms with Crippen LogP contribution in [0.1, 0.15) is 25.5 Å². The number of anilines is 1. The van der Waals surface area contributed by atoms with E-state index < -0.39 is 0 Å². The first kappa shape index (κ1) is 11.3. The van der Waals surface area contributed by atoms with Gasteiger partial charge in [0.05, 0.1) is 0 Å². The molecule has 1 aliphatic rings. The average Bonchev–Trinajstić information content (AvgIpc) is 2.78. The number of rotatable bonds is 4. The molecule has 2 rings (SSSR count). The van der Waals surface area contributed by atoms with E-state index in [1.54, 1.807) is 6.33 Å². The number of hydrogen-bond acceptors (Lipinski definition) is 4. The Morgan fingerprint density at radius 3 is 3.00 bits per heavy atom. The molecule has 0 aliphatic carbocycles. The number of aromatic nitrogens is 2. The summed E-state index contributed by atoms with van der Waals surface area (Å²) in [6, 6.07) is 2.67. The molecular weight excluding hydrogens is 200 g/mol. The van der Waals surface area contributed by atoms with Crippen LogP contribution in [0.25, 0.3) is 0 Å². The largest absolute Gasteiger partial charge is 0.355 e. The summed E-state index contributed by atoms with van der Waals surface area (Å²) >= 11 is 0. The van der Waals surface area contributed by atoms with Crippen LogP contribution < -0.4 is 10.2 Å². The number of hydrogen-bond donors (Lipinski definition) is 1. The molecule has 0 aromatic carbocycles. The molecule has 2 heterocycles. The lowest BCUT2D eigenvalue weighted by Gasteiger charge is -2.25. The fraction of sp³-hybridized carbons (Fsp3) is 0.667. The molecule has 1 atom stereocenters. The van der Waals surface area contributed by atoms with Gasteiger partial charge in [-0.05, 0) is 33.2 Å². The zero-order chi connectivity index (χ0) is 11.4. The highest BCUT2D eigenvalue weighted by Crippen LogP contribution is 2.14. The van der Waals surface area contributed by atoms with E-state index in [2.05, 4.69) is 33.2 Å². The van der Waals surface area contributed by atoms with Crippen molar-refractivity contribution in [2.45, 2.75) is 32.7 Å². The fourth-order valence-corrected chi connectivity index (χ4v) is 2.18. The molecule has 4 nitrogen and oxygen atoms in total. The zero-order valence-corrected chi connectivity index (χ0v) is 10.1. The fourth-order valence-electron chi connectivity index (χ4n) is 2.18. The number of likely N-dealkylation sites (N-methyl/N-ethyl adjacent to an activating group) is 1. The third kappa shape index (κ3) is 2.70. The Morgan fingerprint density at radius 2 is 2.38 bits per heavy atom. The van der Waals surface area contributed by atoms with Crippen LogP contribution in [0, 0.1) is 6.92 Å². The highest BCUT2D eigenvalue weighted by molar-refractivity contribution is 5.38. The van der Waals surface area contributed by atoms with Crippen molar-refractivity contribution in [3.05, 3.63) is 18.1 Å². The minimum atomic E-state index is 0.621. The summed E-state index contributed by atoms with van der Waals surface area (Å²) in [6.45, 7) is 7.38. The Balaban J connectivity index is 2.03. The molecule has 0 radical (unpaired) electrons. The molecule has 16 heavy (non-hydrogen) atoms. The van der Waals surface area contributed by atoms with Gasteiger partial charge < -0.3 is 10.2 Å². The van der Waals surface area contributed by atoms with Gasteiger partial charge >= 0.3 is 0 Å². The summed E-state index contributed by atoms with van der Waals surface area (Å²) in [5.74, 6) is 1.05. The molecule has 88 valence electrons. The minimum absolute atomic E-state index is 0.621. The maximum atomic E-state index is 4.34. The lowest BCUT2D eigenvalue weighted by Crippen LogP contribution is -2.38. The van der Waals surface area contributed by atoms with Crippen molar-refractivity contribution in [3.8, 4) is 0 Å². The van der Waals surface area contributed by atoms with E-state index in [0.717, 1.165) is 31.1 Å². The van der Waals surface area contributed by atoms with Gasteiger partial charge in [-0.25, -0.2) is 9.97 Å². The standard InChI is InChI=1S/C12H20N4/c1-3-16(8-11-5-4-6-13-11)12-7-10(2)14-9-15-12/h7,9,11,13H,3-6,8H2,1-2H3. The molecule has 1 fully saturated rings. The highest BCUT2D eigenvalue weighted by Gasteiger charge is 2.17. The summed E-state index contributed by atoms with van der Waals surface area (Å²) in [5, 5.41) is 3.52. The zero-order valence-electron chi connectivity index (χ0n) is 10.1. The molecule has 1 saturated heterocycles. The Hall–Kier alpha value is -1.16. The first-order valence-corrected chi connectivity index (χ1v) is 6.06. The molecule has 0 bridgehead atoms. The molecule has 0 saturated carbocycles. The van der Waals surface area contributed by atoms with Crippen LogP contribution in [0.3, 0.4) is 0 Å². The second-order valence-corrected chi connectivity index (χ2v) is 4.35. The van der Waals surface area contributed by atoms with Gasteiger partial charge in [-0.2, -0.15) is 0 Å². The summed E-state index contributed by atoms with van der Waals surface area (Å²) < 4.78 is 0. The van der Waals surface area contributed by atoms with Crippen molar-refractivity contribution in [1.29, 1.82) is 0 Å². The van der Waals surface area contributed by atoms with Crippen molar-refractivity contribution < 1.29 is 0 Å². The van der Waals surface area contributed by atoms with E-state index in [1.165, 1.54) is 12.8 Å². The molecule has 1 aromatic rings. The number of aryl methyl sites for hydroxylation is 1. The minimum Gasteiger partial charge on any atom is -0.355 e. The van der Waals surface area contributed by atoms with Crippen molar-refractivity contribution in [3.63, 3.8) is 0 Å². The van der Waals surface area contributed by atoms with Gasteiger partial charge in [0.15, 0.2) is 0 Å². The van der Waals surface area contributed by atoms with E-state index in [-0.39, 0.29) is 0 Å². The monoisotopic (exact) mass is 220 g/mol. The van der Waals surface area contributed by atoms with Crippen molar-refractivity contribution >= 4 is 5.82 Å². The lowest BCUT2D eigenvalue weighted by molar-refractivity contribution is 0.583. The Labute approximate surface area is 97.1 Å². The van der Waals surface area contributed by atoms with Crippen LogP contribution in [0.4, 0.5) is 5.82 Å². The first-order valence-electron chi connectivity index (χ1n) is 6.06. The predicted octanol–water partition coefficient (Wildman–Crippen LogP) is 1.36. The molecule has 1 unspecified atom stereocenters. The van der Waals surface area contributed by atoms with Gasteiger partial charge in [0.25, 0.3) is 0 Å². The van der Waals surface area contributed by atoms with E-state index >= 15 is 0 Å². The van der Waals surface area contributed by atoms with E-state index in [9.17, 15) is 0 Å². The Morgan fingerprint density at radius 1 is 1.50 bits per heavy atom. The third-order valence-electron chi connectivity index (χ3n) is 3.10. The SMILES string of the molecule is CCN(CC1CCCN1)c1cc(C)ncn1. The van der Waals surface area contributed by atoms with Gasteiger partial charge in [0.2, 0.25) is 0 Å². The third-order valence-corrected chi connectivity index (χ3v) is 3.10. The maximum absolute atomic E-state index is 4.34. The van der Waals surface area contributed by atoms with Crippen LogP contribution >= 0.6 is 0 Å². The van der Waals surface area contributed by atoms with Crippen LogP contribution in [-0.4, -0.2) is 35.6 Å². The van der Waals surface area contributed by atoms with Crippen molar-refractivity contribution in [1.82, 2.24) is 15.3 Å². The molecule has 1 aromatic heterocycles. The summed E-state index contributed by atoms with van der Waals surface area (Å²) in [7, 11) is 0. The van der Waals surface area contributed by atoms with E-state index in [1.807, 2.05) is 6.92 Å². The molecule has 4 heteroatoms. The van der Waals surface area contributed by atoms with Gasteiger partial charge in [0, 0.05) is 30.9 Å². The predicted molar refractivity (Wildman–Crippen MR) is 65.7 cm³/mol. The van der Waals surface area contributed by atoms with Crippen molar-refractivity contribution in [2.24, 2.45) is 0 Å². The first-order chi connectivity index (χ1) is 7.79. The topological polar surface area (TPSA) is 41.0 Å². The molecular formula is C12H20N4. The molecule has 1 N–H and O–H groups in total. The quantitative estimate of drug-likeness (QED) is 0.832. The Kier molecular flexibility index (Phi) is 3.72. The summed E-state index contributed by atoms with van der Waals surface area (Å²) in [6.07, 6.45) is 4.22. The highest BCUT2D eigenvalue weighted by atomic mass is 15.2. The number of nitrogens with zero attached hydrogens (tertiary/aromatic N) is 3. The second-order valence-electron chi connectivity index (χ2n) is 4.35. The van der Waals surface area contributed by atoms with Gasteiger partial charge in [-0.3, -0.25) is 0 Å². The van der Waals surface area contributed by atoms with Gasteiger partial charge in [-0.15, -0.1) is 0 Å². The smallest absolute Gasteiger partial charge is 0.132 e. The normalized spacial score (nSPS) is 20.0. The van der Waals surface area contributed by atoms with Crippen LogP contribution in [0.15, 0.2) is 12.4 Å². The molecule has 1 aliphatic heterocycles.